The van der Waals surface area contributed by atoms with Gasteiger partial charge in [-0.05, 0) is 55.1 Å². The highest BCUT2D eigenvalue weighted by Gasteiger charge is 2.20. The number of pyridine rings is 2. The van der Waals surface area contributed by atoms with E-state index in [2.05, 4.69) is 49.5 Å². The third-order valence-electron chi connectivity index (χ3n) is 5.89. The molecule has 0 aliphatic carbocycles. The molecule has 4 heterocycles. The van der Waals surface area contributed by atoms with Crippen molar-refractivity contribution < 1.29 is 4.39 Å². The monoisotopic (exact) mass is 462 g/mol. The van der Waals surface area contributed by atoms with E-state index < -0.39 is 6.17 Å². The van der Waals surface area contributed by atoms with Crippen LogP contribution >= 0.6 is 0 Å². The zero-order valence-corrected chi connectivity index (χ0v) is 19.6. The highest BCUT2D eigenvalue weighted by Crippen LogP contribution is 2.21. The molecule has 1 aliphatic heterocycles. The van der Waals surface area contributed by atoms with E-state index in [9.17, 15) is 4.39 Å². The molecule has 8 nitrogen and oxygen atoms in total. The van der Waals surface area contributed by atoms with Crippen LogP contribution in [0.3, 0.4) is 0 Å². The summed E-state index contributed by atoms with van der Waals surface area (Å²) in [5, 5.41) is 22.5. The number of aromatic nitrogens is 4. The van der Waals surface area contributed by atoms with Crippen LogP contribution in [0, 0.1) is 5.41 Å². The summed E-state index contributed by atoms with van der Waals surface area (Å²) in [6, 6.07) is 7.66. The Morgan fingerprint density at radius 3 is 2.88 bits per heavy atom. The minimum Gasteiger partial charge on any atom is -0.390 e. The van der Waals surface area contributed by atoms with Crippen molar-refractivity contribution in [2.24, 2.45) is 0 Å². The normalized spacial score (nSPS) is 16.8. The highest BCUT2D eigenvalue weighted by molar-refractivity contribution is 6.08. The van der Waals surface area contributed by atoms with Crippen LogP contribution in [0.4, 0.5) is 16.0 Å². The molecular formula is C25H31FN8. The van der Waals surface area contributed by atoms with E-state index in [0.29, 0.717) is 30.5 Å². The van der Waals surface area contributed by atoms with Gasteiger partial charge >= 0.3 is 0 Å². The first kappa shape index (κ1) is 23.7. The number of hydrogen-bond acceptors (Lipinski definition) is 8. The largest absolute Gasteiger partial charge is 0.390 e. The van der Waals surface area contributed by atoms with E-state index in [-0.39, 0.29) is 0 Å². The van der Waals surface area contributed by atoms with Gasteiger partial charge in [0.05, 0.1) is 17.2 Å². The molecular weight excluding hydrogens is 431 g/mol. The molecule has 1 atom stereocenters. The number of alkyl halides is 1. The van der Waals surface area contributed by atoms with Crippen molar-refractivity contribution in [3.63, 3.8) is 0 Å². The standard InChI is InChI=1S/C25H31FN8/c1-17(2)18-11-25(33-30-15-18)32-24-5-4-22-23(31-24)10-19(14-29-22)20(12-27)13-28-7-3-8-34-9-6-21(26)16-34/h4-5,10-15,17,21,27-28H,3,6-9,16H2,1-2H3,(H,31,32,33)/b20-13+,27-12?/t21-/m0/s1. The molecule has 9 heteroatoms. The summed E-state index contributed by atoms with van der Waals surface area (Å²) in [6.07, 6.45) is 7.53. The van der Waals surface area contributed by atoms with Crippen molar-refractivity contribution in [1.82, 2.24) is 30.4 Å². The van der Waals surface area contributed by atoms with Gasteiger partial charge < -0.3 is 20.9 Å². The fourth-order valence-electron chi connectivity index (χ4n) is 3.91. The molecule has 3 aromatic heterocycles. The first-order chi connectivity index (χ1) is 16.5. The first-order valence-corrected chi connectivity index (χ1v) is 11.7. The Balaban J connectivity index is 1.42. The van der Waals surface area contributed by atoms with Crippen molar-refractivity contribution in [1.29, 1.82) is 5.41 Å². The van der Waals surface area contributed by atoms with Gasteiger partial charge in [0.25, 0.3) is 0 Å². The summed E-state index contributed by atoms with van der Waals surface area (Å²) < 4.78 is 13.3. The minimum atomic E-state index is -0.680. The number of nitrogens with one attached hydrogen (secondary N) is 3. The van der Waals surface area contributed by atoms with Crippen LogP contribution in [0.1, 0.15) is 43.7 Å². The second kappa shape index (κ2) is 11.1. The predicted molar refractivity (Wildman–Crippen MR) is 134 cm³/mol. The summed E-state index contributed by atoms with van der Waals surface area (Å²) >= 11 is 0. The van der Waals surface area contributed by atoms with Crippen LogP contribution in [0.25, 0.3) is 16.6 Å². The van der Waals surface area contributed by atoms with Crippen molar-refractivity contribution in [2.45, 2.75) is 38.8 Å². The number of rotatable bonds is 10. The maximum atomic E-state index is 13.3. The predicted octanol–water partition coefficient (Wildman–Crippen LogP) is 4.30. The lowest BCUT2D eigenvalue weighted by Gasteiger charge is -2.14. The third kappa shape index (κ3) is 6.11. The maximum Gasteiger partial charge on any atom is 0.154 e. The van der Waals surface area contributed by atoms with E-state index in [4.69, 9.17) is 5.41 Å². The second-order valence-electron chi connectivity index (χ2n) is 8.85. The van der Waals surface area contributed by atoms with E-state index in [1.165, 1.54) is 6.21 Å². The topological polar surface area (TPSA) is 103 Å². The Morgan fingerprint density at radius 1 is 1.24 bits per heavy atom. The average molecular weight is 463 g/mol. The van der Waals surface area contributed by atoms with Crippen molar-refractivity contribution in [3.05, 3.63) is 54.0 Å². The van der Waals surface area contributed by atoms with Crippen LogP contribution in [0.5, 0.6) is 0 Å². The summed E-state index contributed by atoms with van der Waals surface area (Å²) in [6.45, 7) is 7.24. The van der Waals surface area contributed by atoms with Gasteiger partial charge in [-0.25, -0.2) is 9.37 Å². The van der Waals surface area contributed by atoms with Crippen LogP contribution in [0.2, 0.25) is 0 Å². The van der Waals surface area contributed by atoms with Gasteiger partial charge in [-0.1, -0.05) is 13.8 Å². The molecule has 0 amide bonds. The Kier molecular flexibility index (Phi) is 7.74. The molecule has 0 aromatic carbocycles. The molecule has 1 aliphatic rings. The lowest BCUT2D eigenvalue weighted by molar-refractivity contribution is 0.285. The van der Waals surface area contributed by atoms with Gasteiger partial charge in [-0.3, -0.25) is 4.98 Å². The van der Waals surface area contributed by atoms with Crippen LogP contribution in [0.15, 0.2) is 42.9 Å². The number of nitrogens with zero attached hydrogens (tertiary/aromatic N) is 5. The van der Waals surface area contributed by atoms with Crippen molar-refractivity contribution in [2.75, 3.05) is 31.5 Å². The molecule has 0 radical (unpaired) electrons. The summed E-state index contributed by atoms with van der Waals surface area (Å²) in [7, 11) is 0. The molecule has 0 unspecified atom stereocenters. The lowest BCUT2D eigenvalue weighted by atomic mass is 10.1. The highest BCUT2D eigenvalue weighted by atomic mass is 19.1. The fraction of sp³-hybridized carbons (Fsp3) is 0.400. The van der Waals surface area contributed by atoms with Crippen molar-refractivity contribution >= 4 is 34.5 Å². The van der Waals surface area contributed by atoms with Gasteiger partial charge in [0.2, 0.25) is 0 Å². The Labute approximate surface area is 199 Å². The van der Waals surface area contributed by atoms with Crippen LogP contribution in [-0.2, 0) is 0 Å². The maximum absolute atomic E-state index is 13.3. The Morgan fingerprint density at radius 2 is 2.12 bits per heavy atom. The quantitative estimate of drug-likeness (QED) is 0.305. The SMILES string of the molecule is CC(C)c1cnnc(Nc2ccc3ncc(/C(C=N)=C/NCCCN4CC[C@H](F)C4)cc3n2)c1. The molecule has 3 aromatic rings. The third-order valence-corrected chi connectivity index (χ3v) is 5.89. The second-order valence-corrected chi connectivity index (χ2v) is 8.85. The molecule has 4 rings (SSSR count). The zero-order chi connectivity index (χ0) is 23.9. The Hall–Kier alpha value is -3.46. The molecule has 178 valence electrons. The van der Waals surface area contributed by atoms with E-state index in [1.807, 2.05) is 30.5 Å². The van der Waals surface area contributed by atoms with Gasteiger partial charge in [0.1, 0.15) is 12.0 Å². The average Bonchev–Trinajstić information content (AvgIpc) is 3.26. The summed E-state index contributed by atoms with van der Waals surface area (Å²) in [5.74, 6) is 1.65. The van der Waals surface area contributed by atoms with Crippen molar-refractivity contribution in [3.8, 4) is 0 Å². The number of fused-ring (bicyclic) bond motifs is 1. The van der Waals surface area contributed by atoms with Crippen LogP contribution < -0.4 is 10.6 Å². The number of anilines is 2. The number of hydrogen-bond donors (Lipinski definition) is 3. The molecule has 34 heavy (non-hydrogen) atoms. The number of allylic oxidation sites excluding steroid dienone is 1. The van der Waals surface area contributed by atoms with E-state index in [1.54, 1.807) is 12.4 Å². The van der Waals surface area contributed by atoms with Gasteiger partial charge in [-0.2, -0.15) is 5.10 Å². The first-order valence-electron chi connectivity index (χ1n) is 11.7. The van der Waals surface area contributed by atoms with Crippen LogP contribution in [-0.4, -0.2) is 63.6 Å². The van der Waals surface area contributed by atoms with E-state index in [0.717, 1.165) is 53.8 Å². The zero-order valence-electron chi connectivity index (χ0n) is 19.6. The Bertz CT molecular complexity index is 1160. The van der Waals surface area contributed by atoms with E-state index >= 15 is 0 Å². The molecule has 0 saturated carbocycles. The number of likely N-dealkylation sites (tertiary alicyclic amines) is 1. The molecule has 1 saturated heterocycles. The van der Waals surface area contributed by atoms with Gasteiger partial charge in [0, 0.05) is 49.4 Å². The molecule has 0 bridgehead atoms. The molecule has 3 N–H and O–H groups in total. The smallest absolute Gasteiger partial charge is 0.154 e. The molecule has 1 fully saturated rings. The molecule has 0 spiro atoms. The summed E-state index contributed by atoms with van der Waals surface area (Å²) in [5.41, 5.74) is 4.11. The number of halogens is 1. The minimum absolute atomic E-state index is 0.357. The lowest BCUT2D eigenvalue weighted by Crippen LogP contribution is -2.24. The van der Waals surface area contributed by atoms with Gasteiger partial charge in [0.15, 0.2) is 5.82 Å². The fourth-order valence-corrected chi connectivity index (χ4v) is 3.91. The van der Waals surface area contributed by atoms with Gasteiger partial charge in [-0.15, -0.1) is 5.10 Å². The summed E-state index contributed by atoms with van der Waals surface area (Å²) in [4.78, 5) is 11.3.